The number of rotatable bonds is 4. The second kappa shape index (κ2) is 5.12. The van der Waals surface area contributed by atoms with Gasteiger partial charge in [0, 0.05) is 26.3 Å². The predicted octanol–water partition coefficient (Wildman–Crippen LogP) is -0.371. The molecule has 0 radical (unpaired) electrons. The van der Waals surface area contributed by atoms with Gasteiger partial charge in [-0.2, -0.15) is 0 Å². The van der Waals surface area contributed by atoms with E-state index in [2.05, 4.69) is 5.32 Å². The molecule has 0 unspecified atom stereocenters. The Balaban J connectivity index is 2.55. The number of carbonyl (C=O) groups is 1. The Morgan fingerprint density at radius 2 is 2.06 bits per heavy atom. The Morgan fingerprint density at radius 3 is 2.50 bits per heavy atom. The van der Waals surface area contributed by atoms with Gasteiger partial charge in [0.05, 0.1) is 11.0 Å². The molecule has 0 atom stereocenters. The van der Waals surface area contributed by atoms with Crippen LogP contribution >= 0.6 is 0 Å². The molecule has 5 heteroatoms. The highest BCUT2D eigenvalue weighted by atomic mass is 16.5. The van der Waals surface area contributed by atoms with E-state index in [1.807, 2.05) is 0 Å². The summed E-state index contributed by atoms with van der Waals surface area (Å²) in [5.41, 5.74) is 4.30. The molecule has 0 bridgehead atoms. The molecule has 0 aliphatic carbocycles. The minimum atomic E-state index is -0.892. The average molecular weight is 230 g/mol. The van der Waals surface area contributed by atoms with Crippen molar-refractivity contribution in [3.05, 3.63) is 0 Å². The molecule has 1 aliphatic rings. The van der Waals surface area contributed by atoms with Crippen LogP contribution in [0.25, 0.3) is 0 Å². The summed E-state index contributed by atoms with van der Waals surface area (Å²) in [5.74, 6) is -0.0691. The van der Waals surface area contributed by atoms with E-state index in [0.29, 0.717) is 32.6 Å². The normalized spacial score (nSPS) is 20.5. The van der Waals surface area contributed by atoms with Gasteiger partial charge in [-0.25, -0.2) is 0 Å². The van der Waals surface area contributed by atoms with Crippen molar-refractivity contribution in [3.63, 3.8) is 0 Å². The predicted molar refractivity (Wildman–Crippen MR) is 60.8 cm³/mol. The Hall–Kier alpha value is -0.650. The Kier molecular flexibility index (Phi) is 4.29. The van der Waals surface area contributed by atoms with Gasteiger partial charge < -0.3 is 20.9 Å². The second-order valence-corrected chi connectivity index (χ2v) is 5.09. The largest absolute Gasteiger partial charge is 0.389 e. The third-order valence-corrected chi connectivity index (χ3v) is 3.00. The number of amides is 1. The van der Waals surface area contributed by atoms with Crippen LogP contribution in [0.4, 0.5) is 0 Å². The first-order chi connectivity index (χ1) is 7.40. The fourth-order valence-corrected chi connectivity index (χ4v) is 1.77. The standard InChI is InChI=1S/C11H22N2O3/c1-10(2,15)8-13-9(14)11(7-12)3-5-16-6-4-11/h15H,3-8,12H2,1-2H3,(H,13,14). The molecule has 1 amide bonds. The molecule has 1 fully saturated rings. The topological polar surface area (TPSA) is 84.6 Å². The summed E-state index contributed by atoms with van der Waals surface area (Å²) in [7, 11) is 0. The fourth-order valence-electron chi connectivity index (χ4n) is 1.77. The van der Waals surface area contributed by atoms with E-state index in [1.165, 1.54) is 0 Å². The molecular formula is C11H22N2O3. The van der Waals surface area contributed by atoms with Crippen molar-refractivity contribution in [2.45, 2.75) is 32.3 Å². The molecule has 1 saturated heterocycles. The number of ether oxygens (including phenoxy) is 1. The summed E-state index contributed by atoms with van der Waals surface area (Å²) < 4.78 is 5.24. The first-order valence-electron chi connectivity index (χ1n) is 5.68. The number of hydrogen-bond acceptors (Lipinski definition) is 4. The molecule has 16 heavy (non-hydrogen) atoms. The SMILES string of the molecule is CC(C)(O)CNC(=O)C1(CN)CCOCC1. The summed E-state index contributed by atoms with van der Waals surface area (Å²) in [4.78, 5) is 12.0. The van der Waals surface area contributed by atoms with Gasteiger partial charge in [0.1, 0.15) is 0 Å². The first-order valence-corrected chi connectivity index (χ1v) is 5.68. The van der Waals surface area contributed by atoms with Gasteiger partial charge in [0.15, 0.2) is 0 Å². The fraction of sp³-hybridized carbons (Fsp3) is 0.909. The van der Waals surface area contributed by atoms with Crippen LogP contribution in [0, 0.1) is 5.41 Å². The van der Waals surface area contributed by atoms with Crippen LogP contribution in [-0.4, -0.2) is 42.9 Å². The van der Waals surface area contributed by atoms with Crippen molar-refractivity contribution in [1.29, 1.82) is 0 Å². The van der Waals surface area contributed by atoms with E-state index >= 15 is 0 Å². The van der Waals surface area contributed by atoms with Gasteiger partial charge in [0.2, 0.25) is 5.91 Å². The minimum absolute atomic E-state index is 0.0691. The van der Waals surface area contributed by atoms with E-state index < -0.39 is 11.0 Å². The molecule has 94 valence electrons. The van der Waals surface area contributed by atoms with Crippen LogP contribution < -0.4 is 11.1 Å². The molecule has 4 N–H and O–H groups in total. The van der Waals surface area contributed by atoms with Gasteiger partial charge >= 0.3 is 0 Å². The van der Waals surface area contributed by atoms with Crippen molar-refractivity contribution in [3.8, 4) is 0 Å². The van der Waals surface area contributed by atoms with Crippen LogP contribution in [0.1, 0.15) is 26.7 Å². The number of nitrogens with two attached hydrogens (primary N) is 1. The zero-order valence-corrected chi connectivity index (χ0v) is 10.1. The van der Waals surface area contributed by atoms with Gasteiger partial charge in [-0.05, 0) is 26.7 Å². The van der Waals surface area contributed by atoms with Crippen molar-refractivity contribution in [2.75, 3.05) is 26.3 Å². The lowest BCUT2D eigenvalue weighted by Crippen LogP contribution is -2.51. The first kappa shape index (κ1) is 13.4. The van der Waals surface area contributed by atoms with Crippen molar-refractivity contribution >= 4 is 5.91 Å². The number of aliphatic hydroxyl groups is 1. The number of nitrogens with one attached hydrogen (secondary N) is 1. The minimum Gasteiger partial charge on any atom is -0.389 e. The highest BCUT2D eigenvalue weighted by Gasteiger charge is 2.38. The molecule has 0 aromatic rings. The molecule has 1 aliphatic heterocycles. The van der Waals surface area contributed by atoms with Crippen molar-refractivity contribution in [2.24, 2.45) is 11.1 Å². The van der Waals surface area contributed by atoms with Crippen LogP contribution in [0.3, 0.4) is 0 Å². The Labute approximate surface area is 96.3 Å². The summed E-state index contributed by atoms with van der Waals surface area (Å²) in [5, 5.41) is 12.3. The van der Waals surface area contributed by atoms with Crippen molar-refractivity contribution in [1.82, 2.24) is 5.32 Å². The zero-order valence-electron chi connectivity index (χ0n) is 10.1. The van der Waals surface area contributed by atoms with Crippen LogP contribution in [-0.2, 0) is 9.53 Å². The van der Waals surface area contributed by atoms with Gasteiger partial charge in [0.25, 0.3) is 0 Å². The lowest BCUT2D eigenvalue weighted by atomic mass is 9.79. The zero-order chi connectivity index (χ0) is 12.2. The molecule has 0 saturated carbocycles. The Bertz CT molecular complexity index is 242. The van der Waals surface area contributed by atoms with E-state index in [-0.39, 0.29) is 12.5 Å². The highest BCUT2D eigenvalue weighted by molar-refractivity contribution is 5.83. The maximum atomic E-state index is 12.0. The third-order valence-electron chi connectivity index (χ3n) is 3.00. The quantitative estimate of drug-likeness (QED) is 0.615. The van der Waals surface area contributed by atoms with E-state index in [0.717, 1.165) is 0 Å². The van der Waals surface area contributed by atoms with Crippen LogP contribution in [0.5, 0.6) is 0 Å². The molecule has 5 nitrogen and oxygen atoms in total. The van der Waals surface area contributed by atoms with E-state index in [1.54, 1.807) is 13.8 Å². The lowest BCUT2D eigenvalue weighted by molar-refractivity contribution is -0.136. The number of hydrogen-bond donors (Lipinski definition) is 3. The van der Waals surface area contributed by atoms with Crippen LogP contribution in [0.2, 0.25) is 0 Å². The summed E-state index contributed by atoms with van der Waals surface area (Å²) in [6.07, 6.45) is 1.31. The molecule has 0 aromatic heterocycles. The van der Waals surface area contributed by atoms with Crippen molar-refractivity contribution < 1.29 is 14.6 Å². The van der Waals surface area contributed by atoms with Gasteiger partial charge in [-0.3, -0.25) is 4.79 Å². The molecule has 1 heterocycles. The maximum Gasteiger partial charge on any atom is 0.227 e. The maximum absolute atomic E-state index is 12.0. The van der Waals surface area contributed by atoms with Crippen LogP contribution in [0.15, 0.2) is 0 Å². The molecule has 1 rings (SSSR count). The molecule has 0 spiro atoms. The van der Waals surface area contributed by atoms with Gasteiger partial charge in [-0.1, -0.05) is 0 Å². The summed E-state index contributed by atoms with van der Waals surface area (Å²) in [6.45, 7) is 5.04. The van der Waals surface area contributed by atoms with E-state index in [9.17, 15) is 9.90 Å². The van der Waals surface area contributed by atoms with Gasteiger partial charge in [-0.15, -0.1) is 0 Å². The average Bonchev–Trinajstić information content (AvgIpc) is 2.25. The molecule has 0 aromatic carbocycles. The lowest BCUT2D eigenvalue weighted by Gasteiger charge is -2.35. The highest BCUT2D eigenvalue weighted by Crippen LogP contribution is 2.29. The third kappa shape index (κ3) is 3.43. The Morgan fingerprint density at radius 1 is 1.50 bits per heavy atom. The summed E-state index contributed by atoms with van der Waals surface area (Å²) in [6, 6.07) is 0. The molecular weight excluding hydrogens is 208 g/mol. The summed E-state index contributed by atoms with van der Waals surface area (Å²) >= 11 is 0. The number of carbonyl (C=O) groups excluding carboxylic acids is 1. The van der Waals surface area contributed by atoms with E-state index in [4.69, 9.17) is 10.5 Å². The monoisotopic (exact) mass is 230 g/mol. The second-order valence-electron chi connectivity index (χ2n) is 5.09. The smallest absolute Gasteiger partial charge is 0.227 e.